The van der Waals surface area contributed by atoms with E-state index in [1.54, 1.807) is 30.2 Å². The van der Waals surface area contributed by atoms with Crippen molar-refractivity contribution in [3.63, 3.8) is 0 Å². The maximum absolute atomic E-state index is 13.2. The summed E-state index contributed by atoms with van der Waals surface area (Å²) in [6, 6.07) is 4.65. The van der Waals surface area contributed by atoms with Crippen LogP contribution >= 0.6 is 15.9 Å². The minimum Gasteiger partial charge on any atom is -0.497 e. The quantitative estimate of drug-likeness (QED) is 0.828. The maximum Gasteiger partial charge on any atom is 0.255 e. The van der Waals surface area contributed by atoms with E-state index in [0.29, 0.717) is 35.5 Å². The van der Waals surface area contributed by atoms with E-state index in [2.05, 4.69) is 15.9 Å². The van der Waals surface area contributed by atoms with Crippen molar-refractivity contribution < 1.29 is 19.1 Å². The zero-order valence-corrected chi connectivity index (χ0v) is 15.9. The number of halogens is 1. The lowest BCUT2D eigenvalue weighted by molar-refractivity contribution is -0.134. The summed E-state index contributed by atoms with van der Waals surface area (Å²) in [5.74, 6) is -0.0333. The van der Waals surface area contributed by atoms with E-state index < -0.39 is 11.9 Å². The standard InChI is InChI=1S/C18H23BrN2O4/c1-24-12-3-4-14(19)13(11-12)17(23)21-8-2-5-18(15(21)16(20)22)6-9-25-10-7-18/h3-4,11,15H,2,5-10H2,1H3,(H2,20,22). The predicted molar refractivity (Wildman–Crippen MR) is 96.4 cm³/mol. The zero-order chi connectivity index (χ0) is 18.0. The molecule has 0 aliphatic carbocycles. The summed E-state index contributed by atoms with van der Waals surface area (Å²) in [6.07, 6.45) is 3.26. The Balaban J connectivity index is 1.96. The molecule has 136 valence electrons. The first-order chi connectivity index (χ1) is 12.0. The van der Waals surface area contributed by atoms with Crippen molar-refractivity contribution in [1.29, 1.82) is 0 Å². The van der Waals surface area contributed by atoms with E-state index in [9.17, 15) is 9.59 Å². The molecule has 2 aliphatic heterocycles. The normalized spacial score (nSPS) is 22.6. The Bertz CT molecular complexity index is 668. The number of rotatable bonds is 3. The van der Waals surface area contributed by atoms with Crippen LogP contribution < -0.4 is 10.5 Å². The molecule has 2 aliphatic rings. The molecule has 0 radical (unpaired) electrons. The van der Waals surface area contributed by atoms with Gasteiger partial charge in [-0.15, -0.1) is 0 Å². The number of hydrogen-bond donors (Lipinski definition) is 1. The molecule has 2 fully saturated rings. The van der Waals surface area contributed by atoms with Crippen molar-refractivity contribution in [1.82, 2.24) is 4.90 Å². The van der Waals surface area contributed by atoms with Crippen LogP contribution in [0.2, 0.25) is 0 Å². The number of nitrogens with two attached hydrogens (primary N) is 1. The number of primary amides is 1. The second-order valence-electron chi connectivity index (χ2n) is 6.73. The molecule has 1 aromatic carbocycles. The van der Waals surface area contributed by atoms with Crippen LogP contribution in [0.25, 0.3) is 0 Å². The van der Waals surface area contributed by atoms with Crippen molar-refractivity contribution in [2.75, 3.05) is 26.9 Å². The molecule has 25 heavy (non-hydrogen) atoms. The first-order valence-corrected chi connectivity index (χ1v) is 9.29. The topological polar surface area (TPSA) is 81.9 Å². The Kier molecular flexibility index (Phi) is 5.34. The lowest BCUT2D eigenvalue weighted by Gasteiger charge is -2.50. The van der Waals surface area contributed by atoms with E-state index >= 15 is 0 Å². The average molecular weight is 411 g/mol. The molecule has 1 unspecified atom stereocenters. The van der Waals surface area contributed by atoms with Crippen LogP contribution in [0.5, 0.6) is 5.75 Å². The Hall–Kier alpha value is -1.60. The maximum atomic E-state index is 13.2. The molecule has 2 amide bonds. The van der Waals surface area contributed by atoms with Gasteiger partial charge in [-0.3, -0.25) is 9.59 Å². The third-order valence-electron chi connectivity index (χ3n) is 5.39. The minimum absolute atomic E-state index is 0.194. The summed E-state index contributed by atoms with van der Waals surface area (Å²) in [5.41, 5.74) is 5.97. The lowest BCUT2D eigenvalue weighted by atomic mass is 9.67. The van der Waals surface area contributed by atoms with Crippen LogP contribution in [0.3, 0.4) is 0 Å². The van der Waals surface area contributed by atoms with Gasteiger partial charge in [0.05, 0.1) is 12.7 Å². The number of likely N-dealkylation sites (tertiary alicyclic amines) is 1. The summed E-state index contributed by atoms with van der Waals surface area (Å²) in [5, 5.41) is 0. The molecule has 0 bridgehead atoms. The molecule has 2 heterocycles. The number of carbonyl (C=O) groups excluding carboxylic acids is 2. The van der Waals surface area contributed by atoms with E-state index in [4.69, 9.17) is 15.2 Å². The highest BCUT2D eigenvalue weighted by atomic mass is 79.9. The Morgan fingerprint density at radius 2 is 2.04 bits per heavy atom. The van der Waals surface area contributed by atoms with Gasteiger partial charge in [0, 0.05) is 29.6 Å². The average Bonchev–Trinajstić information content (AvgIpc) is 2.61. The van der Waals surface area contributed by atoms with Crippen molar-refractivity contribution in [3.8, 4) is 5.75 Å². The molecular weight excluding hydrogens is 388 g/mol. The van der Waals surface area contributed by atoms with Gasteiger partial charge in [0.1, 0.15) is 11.8 Å². The number of amides is 2. The number of benzene rings is 1. The van der Waals surface area contributed by atoms with Crippen molar-refractivity contribution in [3.05, 3.63) is 28.2 Å². The summed E-state index contributed by atoms with van der Waals surface area (Å²) < 4.78 is 11.4. The summed E-state index contributed by atoms with van der Waals surface area (Å²) in [4.78, 5) is 27.2. The third kappa shape index (κ3) is 3.40. The second kappa shape index (κ2) is 7.33. The van der Waals surface area contributed by atoms with E-state index in [0.717, 1.165) is 25.7 Å². The van der Waals surface area contributed by atoms with Crippen molar-refractivity contribution in [2.45, 2.75) is 31.7 Å². The first kappa shape index (κ1) is 18.2. The Morgan fingerprint density at radius 1 is 1.32 bits per heavy atom. The van der Waals surface area contributed by atoms with Gasteiger partial charge in [0.2, 0.25) is 5.91 Å². The molecule has 1 atom stereocenters. The SMILES string of the molecule is COc1ccc(Br)c(C(=O)N2CCCC3(CCOCC3)C2C(N)=O)c1. The first-order valence-electron chi connectivity index (χ1n) is 8.50. The summed E-state index contributed by atoms with van der Waals surface area (Å²) >= 11 is 3.43. The summed E-state index contributed by atoms with van der Waals surface area (Å²) in [7, 11) is 1.56. The van der Waals surface area contributed by atoms with Gasteiger partial charge in [0.25, 0.3) is 5.91 Å². The number of methoxy groups -OCH3 is 1. The number of piperidine rings is 1. The van der Waals surface area contributed by atoms with Crippen LogP contribution in [0.15, 0.2) is 22.7 Å². The van der Waals surface area contributed by atoms with Gasteiger partial charge >= 0.3 is 0 Å². The Labute approximate surface area is 155 Å². The van der Waals surface area contributed by atoms with E-state index in [1.807, 2.05) is 0 Å². The number of nitrogens with zero attached hydrogens (tertiary/aromatic N) is 1. The third-order valence-corrected chi connectivity index (χ3v) is 6.08. The molecule has 7 heteroatoms. The molecule has 6 nitrogen and oxygen atoms in total. The number of ether oxygens (including phenoxy) is 2. The van der Waals surface area contributed by atoms with Crippen molar-refractivity contribution >= 4 is 27.7 Å². The monoisotopic (exact) mass is 410 g/mol. The lowest BCUT2D eigenvalue weighted by Crippen LogP contribution is -2.61. The van der Waals surface area contributed by atoms with Gasteiger partial charge in [-0.2, -0.15) is 0 Å². The molecule has 0 saturated carbocycles. The zero-order valence-electron chi connectivity index (χ0n) is 14.3. The fourth-order valence-corrected chi connectivity index (χ4v) is 4.54. The molecule has 3 rings (SSSR count). The van der Waals surface area contributed by atoms with Gasteiger partial charge in [-0.05, 0) is 59.8 Å². The second-order valence-corrected chi connectivity index (χ2v) is 7.58. The van der Waals surface area contributed by atoms with Gasteiger partial charge in [0.15, 0.2) is 0 Å². The fraction of sp³-hybridized carbons (Fsp3) is 0.556. The largest absolute Gasteiger partial charge is 0.497 e. The van der Waals surface area contributed by atoms with Crippen molar-refractivity contribution in [2.24, 2.45) is 11.1 Å². The molecule has 2 saturated heterocycles. The highest BCUT2D eigenvalue weighted by Gasteiger charge is 2.50. The van der Waals surface area contributed by atoms with E-state index in [-0.39, 0.29) is 11.3 Å². The van der Waals surface area contributed by atoms with E-state index in [1.165, 1.54) is 0 Å². The van der Waals surface area contributed by atoms with Gasteiger partial charge < -0.3 is 20.1 Å². The van der Waals surface area contributed by atoms with Gasteiger partial charge in [-0.1, -0.05) is 0 Å². The molecular formula is C18H23BrN2O4. The molecule has 2 N–H and O–H groups in total. The van der Waals surface area contributed by atoms with Crippen LogP contribution in [0.1, 0.15) is 36.0 Å². The highest BCUT2D eigenvalue weighted by molar-refractivity contribution is 9.10. The number of hydrogen-bond acceptors (Lipinski definition) is 4. The fourth-order valence-electron chi connectivity index (χ4n) is 4.12. The molecule has 0 aromatic heterocycles. The van der Waals surface area contributed by atoms with Crippen LogP contribution in [0.4, 0.5) is 0 Å². The predicted octanol–water partition coefficient (Wildman–Crippen LogP) is 2.34. The Morgan fingerprint density at radius 3 is 2.68 bits per heavy atom. The smallest absolute Gasteiger partial charge is 0.255 e. The molecule has 1 spiro atoms. The highest BCUT2D eigenvalue weighted by Crippen LogP contribution is 2.44. The summed E-state index contributed by atoms with van der Waals surface area (Å²) in [6.45, 7) is 1.74. The molecule has 1 aromatic rings. The minimum atomic E-state index is -0.601. The van der Waals surface area contributed by atoms with Crippen LogP contribution in [-0.4, -0.2) is 49.6 Å². The van der Waals surface area contributed by atoms with Gasteiger partial charge in [-0.25, -0.2) is 0 Å². The van der Waals surface area contributed by atoms with Crippen LogP contribution in [-0.2, 0) is 9.53 Å². The number of carbonyl (C=O) groups is 2. The van der Waals surface area contributed by atoms with Crippen LogP contribution in [0, 0.1) is 5.41 Å².